The monoisotopic (exact) mass is 398 g/mol. The zero-order valence-corrected chi connectivity index (χ0v) is 15.7. The molecule has 0 atom stereocenters. The molecule has 4 rings (SSSR count). The number of hydrogen-bond donors (Lipinski definition) is 1. The molecular formula is C20H16BrClN2. The van der Waals surface area contributed by atoms with Gasteiger partial charge in [-0.25, -0.2) is 4.98 Å². The van der Waals surface area contributed by atoms with Gasteiger partial charge in [0.1, 0.15) is 0 Å². The highest BCUT2D eigenvalue weighted by atomic mass is 79.9. The number of pyridine rings is 1. The first kappa shape index (κ1) is 15.7. The Morgan fingerprint density at radius 1 is 1.00 bits per heavy atom. The van der Waals surface area contributed by atoms with Gasteiger partial charge in [-0.05, 0) is 47.9 Å². The molecule has 0 saturated carbocycles. The second-order valence-corrected chi connectivity index (χ2v) is 7.65. The van der Waals surface area contributed by atoms with E-state index in [1.54, 1.807) is 0 Å². The quantitative estimate of drug-likeness (QED) is 0.389. The third-order valence-electron chi connectivity index (χ3n) is 4.26. The Hall–Kier alpha value is -1.84. The summed E-state index contributed by atoms with van der Waals surface area (Å²) in [7, 11) is 0. The molecule has 0 spiro atoms. The van der Waals surface area contributed by atoms with Crippen molar-refractivity contribution >= 4 is 49.5 Å². The average Bonchev–Trinajstić information content (AvgIpc) is 2.90. The van der Waals surface area contributed by atoms with Crippen LogP contribution in [0.25, 0.3) is 33.1 Å². The van der Waals surface area contributed by atoms with Crippen molar-refractivity contribution in [3.63, 3.8) is 0 Å². The Kier molecular flexibility index (Phi) is 3.86. The molecule has 1 N–H and O–H groups in total. The lowest BCUT2D eigenvalue weighted by molar-refractivity contribution is 0.833. The Morgan fingerprint density at radius 2 is 1.75 bits per heavy atom. The summed E-state index contributed by atoms with van der Waals surface area (Å²) in [4.78, 5) is 8.50. The Balaban J connectivity index is 2.03. The minimum atomic E-state index is 0.334. The van der Waals surface area contributed by atoms with Gasteiger partial charge in [-0.15, -0.1) is 0 Å². The zero-order valence-electron chi connectivity index (χ0n) is 13.4. The van der Waals surface area contributed by atoms with E-state index in [0.29, 0.717) is 5.92 Å². The Morgan fingerprint density at radius 3 is 2.46 bits per heavy atom. The van der Waals surface area contributed by atoms with Crippen molar-refractivity contribution < 1.29 is 0 Å². The molecule has 2 aromatic heterocycles. The molecule has 4 heteroatoms. The fourth-order valence-electron chi connectivity index (χ4n) is 3.10. The van der Waals surface area contributed by atoms with Gasteiger partial charge in [0.25, 0.3) is 0 Å². The normalized spacial score (nSPS) is 11.7. The fourth-order valence-corrected chi connectivity index (χ4v) is 3.59. The van der Waals surface area contributed by atoms with Gasteiger partial charge >= 0.3 is 0 Å². The second kappa shape index (κ2) is 5.91. The second-order valence-electron chi connectivity index (χ2n) is 6.29. The predicted octanol–water partition coefficient (Wildman–Crippen LogP) is 6.92. The summed E-state index contributed by atoms with van der Waals surface area (Å²) >= 11 is 9.57. The summed E-state index contributed by atoms with van der Waals surface area (Å²) in [6, 6.07) is 16.4. The Labute approximate surface area is 154 Å². The summed E-state index contributed by atoms with van der Waals surface area (Å²) in [5.74, 6) is 0.334. The molecule has 2 nitrogen and oxygen atoms in total. The van der Waals surface area contributed by atoms with Crippen LogP contribution in [0.15, 0.2) is 53.0 Å². The van der Waals surface area contributed by atoms with Crippen LogP contribution in [-0.4, -0.2) is 9.97 Å². The summed E-state index contributed by atoms with van der Waals surface area (Å²) in [6.45, 7) is 4.36. The third-order valence-corrected chi connectivity index (χ3v) is 5.01. The first-order valence-corrected chi connectivity index (χ1v) is 9.08. The lowest BCUT2D eigenvalue weighted by Crippen LogP contribution is -1.97. The van der Waals surface area contributed by atoms with E-state index in [1.165, 1.54) is 0 Å². The summed E-state index contributed by atoms with van der Waals surface area (Å²) in [5, 5.41) is 1.90. The average molecular weight is 400 g/mol. The van der Waals surface area contributed by atoms with Crippen molar-refractivity contribution in [2.24, 2.45) is 0 Å². The summed E-state index contributed by atoms with van der Waals surface area (Å²) < 4.78 is 1.06. The minimum absolute atomic E-state index is 0.334. The smallest absolute Gasteiger partial charge is 0.0961 e. The van der Waals surface area contributed by atoms with E-state index in [1.807, 2.05) is 12.1 Å². The molecule has 120 valence electrons. The topological polar surface area (TPSA) is 28.7 Å². The molecule has 2 aromatic carbocycles. The molecule has 0 radical (unpaired) electrons. The van der Waals surface area contributed by atoms with E-state index in [4.69, 9.17) is 16.6 Å². The standard InChI is InChI=1S/C20H16BrClN2/c1-11(2)19-16(12-3-6-14(22)7-4-12)10-18-20(24-19)15-8-5-13(21)9-17(15)23-18/h3-11,23H,1-2H3. The summed E-state index contributed by atoms with van der Waals surface area (Å²) in [5.41, 5.74) is 6.57. The lowest BCUT2D eigenvalue weighted by Gasteiger charge is -2.12. The molecular weight excluding hydrogens is 384 g/mol. The van der Waals surface area contributed by atoms with E-state index in [-0.39, 0.29) is 0 Å². The number of H-pyrrole nitrogens is 1. The van der Waals surface area contributed by atoms with Crippen molar-refractivity contribution in [3.8, 4) is 11.1 Å². The first-order chi connectivity index (χ1) is 11.5. The van der Waals surface area contributed by atoms with Crippen molar-refractivity contribution in [2.45, 2.75) is 19.8 Å². The van der Waals surface area contributed by atoms with Gasteiger partial charge < -0.3 is 4.98 Å². The molecule has 0 amide bonds. The molecule has 0 unspecified atom stereocenters. The van der Waals surface area contributed by atoms with Crippen molar-refractivity contribution in [2.75, 3.05) is 0 Å². The van der Waals surface area contributed by atoms with Gasteiger partial charge in [0, 0.05) is 26.0 Å². The molecule has 2 heterocycles. The van der Waals surface area contributed by atoms with E-state index in [2.05, 4.69) is 71.2 Å². The molecule has 0 aliphatic rings. The summed E-state index contributed by atoms with van der Waals surface area (Å²) in [6.07, 6.45) is 0. The third kappa shape index (κ3) is 2.62. The fraction of sp³-hybridized carbons (Fsp3) is 0.150. The maximum absolute atomic E-state index is 6.04. The SMILES string of the molecule is CC(C)c1nc2c(cc1-c1ccc(Cl)cc1)[nH]c1cc(Br)ccc12. The highest BCUT2D eigenvalue weighted by Gasteiger charge is 2.15. The van der Waals surface area contributed by atoms with Crippen LogP contribution in [0.5, 0.6) is 0 Å². The number of nitrogens with one attached hydrogen (secondary N) is 1. The predicted molar refractivity (Wildman–Crippen MR) is 106 cm³/mol. The molecule has 0 aliphatic carbocycles. The number of rotatable bonds is 2. The van der Waals surface area contributed by atoms with Crippen LogP contribution >= 0.6 is 27.5 Å². The molecule has 0 saturated heterocycles. The van der Waals surface area contributed by atoms with E-state index in [0.717, 1.165) is 48.3 Å². The molecule has 4 aromatic rings. The zero-order chi connectivity index (χ0) is 16.8. The number of aromatic amines is 1. The van der Waals surface area contributed by atoms with Crippen LogP contribution in [0.3, 0.4) is 0 Å². The van der Waals surface area contributed by atoms with Crippen LogP contribution < -0.4 is 0 Å². The molecule has 0 bridgehead atoms. The van der Waals surface area contributed by atoms with Gasteiger partial charge in [0.05, 0.1) is 16.7 Å². The van der Waals surface area contributed by atoms with Crippen LogP contribution in [0, 0.1) is 0 Å². The van der Waals surface area contributed by atoms with Crippen LogP contribution in [0.2, 0.25) is 5.02 Å². The Bertz CT molecular complexity index is 1050. The van der Waals surface area contributed by atoms with Crippen molar-refractivity contribution in [3.05, 3.63) is 63.7 Å². The maximum atomic E-state index is 6.04. The van der Waals surface area contributed by atoms with Crippen LogP contribution in [0.4, 0.5) is 0 Å². The number of nitrogens with zero attached hydrogens (tertiary/aromatic N) is 1. The van der Waals surface area contributed by atoms with Gasteiger partial charge in [0.15, 0.2) is 0 Å². The molecule has 0 fully saturated rings. The largest absolute Gasteiger partial charge is 0.353 e. The van der Waals surface area contributed by atoms with Gasteiger partial charge in [-0.2, -0.15) is 0 Å². The van der Waals surface area contributed by atoms with E-state index < -0.39 is 0 Å². The number of halogens is 2. The highest BCUT2D eigenvalue weighted by Crippen LogP contribution is 2.34. The minimum Gasteiger partial charge on any atom is -0.353 e. The molecule has 24 heavy (non-hydrogen) atoms. The molecule has 0 aliphatic heterocycles. The van der Waals surface area contributed by atoms with Gasteiger partial charge in [-0.1, -0.05) is 53.5 Å². The van der Waals surface area contributed by atoms with Gasteiger partial charge in [-0.3, -0.25) is 0 Å². The van der Waals surface area contributed by atoms with Gasteiger partial charge in [0.2, 0.25) is 0 Å². The van der Waals surface area contributed by atoms with E-state index in [9.17, 15) is 0 Å². The lowest BCUT2D eigenvalue weighted by atomic mass is 9.97. The van der Waals surface area contributed by atoms with Crippen molar-refractivity contribution in [1.29, 1.82) is 0 Å². The maximum Gasteiger partial charge on any atom is 0.0961 e. The van der Waals surface area contributed by atoms with Crippen LogP contribution in [-0.2, 0) is 0 Å². The number of hydrogen-bond acceptors (Lipinski definition) is 1. The number of benzene rings is 2. The highest BCUT2D eigenvalue weighted by molar-refractivity contribution is 9.10. The number of fused-ring (bicyclic) bond motifs is 3. The number of aromatic nitrogens is 2. The van der Waals surface area contributed by atoms with Crippen LogP contribution in [0.1, 0.15) is 25.5 Å². The van der Waals surface area contributed by atoms with E-state index >= 15 is 0 Å². The first-order valence-electron chi connectivity index (χ1n) is 7.91. The van der Waals surface area contributed by atoms with Crippen molar-refractivity contribution in [1.82, 2.24) is 9.97 Å².